The second-order valence-electron chi connectivity index (χ2n) is 7.81. The van der Waals surface area contributed by atoms with Crippen LogP contribution < -0.4 is 5.32 Å². The molecule has 3 amide bonds. The second kappa shape index (κ2) is 9.20. The second-order valence-corrected chi connectivity index (χ2v) is 7.81. The predicted molar refractivity (Wildman–Crippen MR) is 106 cm³/mol. The fourth-order valence-corrected chi connectivity index (χ4v) is 4.02. The zero-order valence-corrected chi connectivity index (χ0v) is 16.9. The number of benzene rings is 1. The van der Waals surface area contributed by atoms with Crippen molar-refractivity contribution in [1.29, 1.82) is 0 Å². The van der Waals surface area contributed by atoms with Crippen molar-refractivity contribution in [2.75, 3.05) is 13.2 Å². The number of urea groups is 1. The molecule has 0 aromatic heterocycles. The first kappa shape index (κ1) is 21.0. The first-order valence-electron chi connectivity index (χ1n) is 10.4. The van der Waals surface area contributed by atoms with Crippen molar-refractivity contribution in [1.82, 2.24) is 10.2 Å². The molecule has 1 N–H and O–H groups in total. The number of hydrogen-bond acceptors (Lipinski definition) is 5. The lowest BCUT2D eigenvalue weighted by atomic mass is 9.82. The summed E-state index contributed by atoms with van der Waals surface area (Å²) in [7, 11) is 0. The third kappa shape index (κ3) is 4.83. The summed E-state index contributed by atoms with van der Waals surface area (Å²) in [4.78, 5) is 50.1. The molecule has 29 heavy (non-hydrogen) atoms. The van der Waals surface area contributed by atoms with Gasteiger partial charge in [-0.05, 0) is 24.8 Å². The van der Waals surface area contributed by atoms with Crippen LogP contribution in [0.3, 0.4) is 0 Å². The molecule has 7 heteroatoms. The summed E-state index contributed by atoms with van der Waals surface area (Å²) in [5.74, 6) is -1.14. The van der Waals surface area contributed by atoms with Gasteiger partial charge in [-0.1, -0.05) is 56.9 Å². The molecule has 1 saturated heterocycles. The molecule has 0 atom stereocenters. The summed E-state index contributed by atoms with van der Waals surface area (Å²) in [6.45, 7) is 1.70. The third-order valence-corrected chi connectivity index (χ3v) is 5.67. The zero-order chi connectivity index (χ0) is 20.9. The highest BCUT2D eigenvalue weighted by molar-refractivity contribution is 6.07. The molecule has 1 aliphatic carbocycles. The Balaban J connectivity index is 1.45. The summed E-state index contributed by atoms with van der Waals surface area (Å²) in [6, 6.07) is 6.82. The van der Waals surface area contributed by atoms with E-state index in [9.17, 15) is 19.2 Å². The maximum atomic E-state index is 12.7. The van der Waals surface area contributed by atoms with Crippen LogP contribution in [0.25, 0.3) is 0 Å². The van der Waals surface area contributed by atoms with E-state index in [0.717, 1.165) is 42.6 Å². The van der Waals surface area contributed by atoms with Crippen LogP contribution in [-0.4, -0.2) is 47.3 Å². The van der Waals surface area contributed by atoms with Gasteiger partial charge < -0.3 is 10.1 Å². The summed E-state index contributed by atoms with van der Waals surface area (Å²) in [6.07, 6.45) is 6.02. The first-order valence-corrected chi connectivity index (χ1v) is 10.4. The van der Waals surface area contributed by atoms with E-state index >= 15 is 0 Å². The minimum atomic E-state index is -0.793. The summed E-state index contributed by atoms with van der Waals surface area (Å²) < 4.78 is 5.05. The zero-order valence-electron chi connectivity index (χ0n) is 16.9. The van der Waals surface area contributed by atoms with Gasteiger partial charge in [-0.15, -0.1) is 0 Å². The Labute approximate surface area is 170 Å². The fourth-order valence-electron chi connectivity index (χ4n) is 4.02. The Bertz CT molecular complexity index is 781. The topological polar surface area (TPSA) is 92.8 Å². The van der Waals surface area contributed by atoms with Crippen LogP contribution >= 0.6 is 0 Å². The van der Waals surface area contributed by atoms with Gasteiger partial charge in [0, 0.05) is 12.1 Å². The van der Waals surface area contributed by atoms with Gasteiger partial charge in [-0.25, -0.2) is 4.79 Å². The Hall–Kier alpha value is -2.70. The third-order valence-electron chi connectivity index (χ3n) is 5.67. The Kier molecular flexibility index (Phi) is 6.67. The summed E-state index contributed by atoms with van der Waals surface area (Å²) in [5.41, 5.74) is 0.857. The van der Waals surface area contributed by atoms with Crippen LogP contribution in [0.4, 0.5) is 4.79 Å². The van der Waals surface area contributed by atoms with Crippen LogP contribution in [0.15, 0.2) is 24.3 Å². The highest BCUT2D eigenvalue weighted by Crippen LogP contribution is 2.33. The van der Waals surface area contributed by atoms with Crippen molar-refractivity contribution >= 4 is 23.7 Å². The number of nitrogens with zero attached hydrogens (tertiary/aromatic N) is 1. The number of hydrogen-bond donors (Lipinski definition) is 1. The van der Waals surface area contributed by atoms with Gasteiger partial charge in [-0.2, -0.15) is 0 Å². The lowest BCUT2D eigenvalue weighted by Crippen LogP contribution is -2.48. The fraction of sp³-hybridized carbons (Fsp3) is 0.545. The minimum Gasteiger partial charge on any atom is -0.457 e. The number of amides is 3. The van der Waals surface area contributed by atoms with E-state index in [-0.39, 0.29) is 31.3 Å². The van der Waals surface area contributed by atoms with Crippen molar-refractivity contribution in [3.05, 3.63) is 35.4 Å². The molecule has 1 saturated carbocycles. The number of carbonyl (C=O) groups excluding carboxylic acids is 4. The molecule has 1 spiro atoms. The quantitative estimate of drug-likeness (QED) is 0.411. The molecule has 0 bridgehead atoms. The largest absolute Gasteiger partial charge is 0.457 e. The van der Waals surface area contributed by atoms with Gasteiger partial charge in [0.25, 0.3) is 5.91 Å². The standard InChI is InChI=1S/C22H28N2O5/c1-2-6-16-7-9-17(10-8-16)18(25)15-29-19(26)11-14-24-20(27)22(23-21(24)28)12-4-3-5-13-22/h7-10H,2-6,11-15H2,1H3,(H,23,28). The van der Waals surface area contributed by atoms with E-state index in [1.807, 2.05) is 12.1 Å². The van der Waals surface area contributed by atoms with Gasteiger partial charge in [-0.3, -0.25) is 19.3 Å². The molecule has 1 aliphatic heterocycles. The number of aryl methyl sites for hydroxylation is 1. The van der Waals surface area contributed by atoms with Gasteiger partial charge in [0.2, 0.25) is 0 Å². The van der Waals surface area contributed by atoms with E-state index in [4.69, 9.17) is 4.74 Å². The van der Waals surface area contributed by atoms with Crippen LogP contribution in [0.2, 0.25) is 0 Å². The van der Waals surface area contributed by atoms with Crippen molar-refractivity contribution in [2.24, 2.45) is 0 Å². The van der Waals surface area contributed by atoms with Gasteiger partial charge in [0.1, 0.15) is 5.54 Å². The van der Waals surface area contributed by atoms with Crippen LogP contribution in [0, 0.1) is 0 Å². The number of ketones is 1. The number of carbonyl (C=O) groups is 4. The molecular formula is C22H28N2O5. The first-order chi connectivity index (χ1) is 13.9. The number of imide groups is 1. The van der Waals surface area contributed by atoms with Gasteiger partial charge in [0.05, 0.1) is 6.42 Å². The number of esters is 1. The number of ether oxygens (including phenoxy) is 1. The number of Topliss-reactive ketones (excluding diaryl/α,β-unsaturated/α-hetero) is 1. The molecule has 3 rings (SSSR count). The molecular weight excluding hydrogens is 372 g/mol. The smallest absolute Gasteiger partial charge is 0.325 e. The summed E-state index contributed by atoms with van der Waals surface area (Å²) >= 11 is 0. The van der Waals surface area contributed by atoms with Crippen molar-refractivity contribution < 1.29 is 23.9 Å². The molecule has 1 aromatic rings. The SMILES string of the molecule is CCCc1ccc(C(=O)COC(=O)CCN2C(=O)NC3(CCCCC3)C2=O)cc1. The van der Waals surface area contributed by atoms with Crippen molar-refractivity contribution in [3.8, 4) is 0 Å². The van der Waals surface area contributed by atoms with Crippen molar-refractivity contribution in [3.63, 3.8) is 0 Å². The molecule has 2 fully saturated rings. The average molecular weight is 400 g/mol. The normalized spacial score (nSPS) is 18.0. The molecule has 0 unspecified atom stereocenters. The maximum absolute atomic E-state index is 12.7. The lowest BCUT2D eigenvalue weighted by Gasteiger charge is -2.30. The predicted octanol–water partition coefficient (Wildman–Crippen LogP) is 3.01. The minimum absolute atomic E-state index is 0.0366. The number of nitrogens with one attached hydrogen (secondary N) is 1. The van der Waals surface area contributed by atoms with Gasteiger partial charge in [0.15, 0.2) is 12.4 Å². The molecule has 156 valence electrons. The van der Waals surface area contributed by atoms with E-state index in [1.165, 1.54) is 0 Å². The van der Waals surface area contributed by atoms with Crippen LogP contribution in [0.5, 0.6) is 0 Å². The molecule has 1 aromatic carbocycles. The van der Waals surface area contributed by atoms with Crippen LogP contribution in [0.1, 0.15) is 67.8 Å². The highest BCUT2D eigenvalue weighted by atomic mass is 16.5. The van der Waals surface area contributed by atoms with Crippen LogP contribution in [-0.2, 0) is 20.7 Å². The molecule has 0 radical (unpaired) electrons. The summed E-state index contributed by atoms with van der Waals surface area (Å²) in [5, 5.41) is 2.81. The molecule has 2 aliphatic rings. The molecule has 7 nitrogen and oxygen atoms in total. The Morgan fingerprint density at radius 3 is 2.45 bits per heavy atom. The van der Waals surface area contributed by atoms with Crippen molar-refractivity contribution in [2.45, 2.75) is 63.8 Å². The van der Waals surface area contributed by atoms with E-state index < -0.39 is 17.5 Å². The average Bonchev–Trinajstić information content (AvgIpc) is 2.95. The monoisotopic (exact) mass is 400 g/mol. The van der Waals surface area contributed by atoms with E-state index in [2.05, 4.69) is 12.2 Å². The highest BCUT2D eigenvalue weighted by Gasteiger charge is 2.51. The van der Waals surface area contributed by atoms with Gasteiger partial charge >= 0.3 is 12.0 Å². The van der Waals surface area contributed by atoms with E-state index in [0.29, 0.717) is 18.4 Å². The molecule has 1 heterocycles. The Morgan fingerprint density at radius 2 is 1.79 bits per heavy atom. The van der Waals surface area contributed by atoms with E-state index in [1.54, 1.807) is 12.1 Å². The number of rotatable bonds is 8. The maximum Gasteiger partial charge on any atom is 0.325 e. The lowest BCUT2D eigenvalue weighted by molar-refractivity contribution is -0.143. The Morgan fingerprint density at radius 1 is 1.10 bits per heavy atom.